The number of hydrogen-bond donors (Lipinski definition) is 0. The molecular weight excluding hydrogens is 207 g/mol. The quantitative estimate of drug-likeness (QED) is 0.584. The molecule has 0 amide bonds. The average molecular weight is 230 g/mol. The maximum Gasteiger partial charge on any atom is 0.100 e. The molecule has 2 aliphatic heterocycles. The first-order valence-corrected chi connectivity index (χ1v) is 7.25. The summed E-state index contributed by atoms with van der Waals surface area (Å²) in [6, 6.07) is 1.94. The summed E-state index contributed by atoms with van der Waals surface area (Å²) in [5, 5.41) is 0. The van der Waals surface area contributed by atoms with Gasteiger partial charge in [0.1, 0.15) is 5.84 Å². The molecule has 0 N–H and O–H groups in total. The van der Waals surface area contributed by atoms with Gasteiger partial charge in [-0.2, -0.15) is 0 Å². The molecule has 1 aliphatic carbocycles. The van der Waals surface area contributed by atoms with Crippen LogP contribution in [0.1, 0.15) is 52.4 Å². The fourth-order valence-corrected chi connectivity index (χ4v) is 4.22. The Morgan fingerprint density at radius 1 is 1.24 bits per heavy atom. The average Bonchev–Trinajstić information content (AvgIpc) is 2.46. The third kappa shape index (κ3) is 2.02. The second kappa shape index (κ2) is 4.33. The zero-order valence-corrected chi connectivity index (χ0v) is 11.1. The molecule has 0 aromatic rings. The summed E-state index contributed by atoms with van der Waals surface area (Å²) in [6.07, 6.45) is 7.47. The molecule has 92 valence electrons. The molecule has 2 nitrogen and oxygen atoms in total. The van der Waals surface area contributed by atoms with Crippen molar-refractivity contribution in [2.45, 2.75) is 76.3 Å². The molecule has 17 heavy (non-hydrogen) atoms. The van der Waals surface area contributed by atoms with E-state index >= 15 is 0 Å². The third-order valence-electron chi connectivity index (χ3n) is 4.85. The van der Waals surface area contributed by atoms with Crippen LogP contribution in [0.5, 0.6) is 0 Å². The van der Waals surface area contributed by atoms with E-state index in [0.717, 1.165) is 12.0 Å². The molecule has 0 aromatic heterocycles. The van der Waals surface area contributed by atoms with Crippen LogP contribution in [-0.2, 0) is 0 Å². The SMILES string of the molecule is [B]C1CCCC2C(CC3=NC(C)CC(C)N32)C1. The maximum atomic E-state index is 6.18. The van der Waals surface area contributed by atoms with Crippen molar-refractivity contribution in [3.05, 3.63) is 0 Å². The van der Waals surface area contributed by atoms with E-state index in [9.17, 15) is 0 Å². The van der Waals surface area contributed by atoms with Crippen molar-refractivity contribution in [1.82, 2.24) is 4.90 Å². The molecule has 0 bridgehead atoms. The molecule has 5 atom stereocenters. The molecule has 0 aromatic carbocycles. The van der Waals surface area contributed by atoms with E-state index in [0.29, 0.717) is 17.9 Å². The van der Waals surface area contributed by atoms with Crippen molar-refractivity contribution < 1.29 is 0 Å². The summed E-state index contributed by atoms with van der Waals surface area (Å²) in [7, 11) is 6.18. The first-order valence-electron chi connectivity index (χ1n) is 7.25. The Bertz CT molecular complexity index is 328. The lowest BCUT2D eigenvalue weighted by molar-refractivity contribution is 0.195. The van der Waals surface area contributed by atoms with E-state index in [-0.39, 0.29) is 0 Å². The second-order valence-electron chi connectivity index (χ2n) is 6.34. The van der Waals surface area contributed by atoms with Crippen LogP contribution in [0.25, 0.3) is 0 Å². The molecule has 2 radical (unpaired) electrons. The van der Waals surface area contributed by atoms with Crippen molar-refractivity contribution >= 4 is 13.7 Å². The molecule has 3 aliphatic rings. The van der Waals surface area contributed by atoms with Crippen LogP contribution in [0, 0.1) is 5.92 Å². The van der Waals surface area contributed by atoms with Crippen molar-refractivity contribution in [3.63, 3.8) is 0 Å². The number of nitrogens with zero attached hydrogens (tertiary/aromatic N) is 2. The standard InChI is InChI=1S/C14H23BN2/c1-9-6-10(2)17-13-5-3-4-12(15)7-11(13)8-14(17)16-9/h9-13H,3-8H2,1-2H3. The Kier molecular flexibility index (Phi) is 2.96. The van der Waals surface area contributed by atoms with E-state index in [1.54, 1.807) is 0 Å². The minimum atomic E-state index is 0.430. The Morgan fingerprint density at radius 3 is 2.88 bits per heavy atom. The zero-order valence-electron chi connectivity index (χ0n) is 11.1. The maximum absolute atomic E-state index is 6.18. The summed E-state index contributed by atoms with van der Waals surface area (Å²) in [6.45, 7) is 4.62. The molecule has 2 heterocycles. The van der Waals surface area contributed by atoms with E-state index < -0.39 is 0 Å². The summed E-state index contributed by atoms with van der Waals surface area (Å²) in [5.74, 6) is 2.60. The number of hydrogen-bond acceptors (Lipinski definition) is 2. The lowest BCUT2D eigenvalue weighted by Gasteiger charge is -2.38. The molecule has 0 spiro atoms. The predicted molar refractivity (Wildman–Crippen MR) is 72.7 cm³/mol. The lowest BCUT2D eigenvalue weighted by atomic mass is 9.78. The highest BCUT2D eigenvalue weighted by Crippen LogP contribution is 2.42. The zero-order chi connectivity index (χ0) is 12.0. The molecule has 1 saturated carbocycles. The van der Waals surface area contributed by atoms with Gasteiger partial charge in [-0.25, -0.2) is 0 Å². The van der Waals surface area contributed by atoms with Crippen LogP contribution in [0.2, 0.25) is 5.82 Å². The van der Waals surface area contributed by atoms with Gasteiger partial charge in [0.2, 0.25) is 0 Å². The molecule has 3 rings (SSSR count). The van der Waals surface area contributed by atoms with Gasteiger partial charge < -0.3 is 4.90 Å². The normalized spacial score (nSPS) is 45.9. The van der Waals surface area contributed by atoms with Crippen LogP contribution in [0.3, 0.4) is 0 Å². The fraction of sp³-hybridized carbons (Fsp3) is 0.929. The smallest absolute Gasteiger partial charge is 0.100 e. The second-order valence-corrected chi connectivity index (χ2v) is 6.34. The summed E-state index contributed by atoms with van der Waals surface area (Å²) in [4.78, 5) is 7.52. The van der Waals surface area contributed by atoms with Crippen LogP contribution in [0.15, 0.2) is 4.99 Å². The summed E-state index contributed by atoms with van der Waals surface area (Å²) >= 11 is 0. The van der Waals surface area contributed by atoms with Crippen LogP contribution < -0.4 is 0 Å². The van der Waals surface area contributed by atoms with Crippen molar-refractivity contribution in [2.24, 2.45) is 10.9 Å². The minimum absolute atomic E-state index is 0.430. The molecule has 5 unspecified atom stereocenters. The first-order chi connectivity index (χ1) is 8.15. The van der Waals surface area contributed by atoms with E-state index in [4.69, 9.17) is 12.8 Å². The lowest BCUT2D eigenvalue weighted by Crippen LogP contribution is -2.45. The molecule has 1 saturated heterocycles. The van der Waals surface area contributed by atoms with Gasteiger partial charge >= 0.3 is 0 Å². The van der Waals surface area contributed by atoms with Gasteiger partial charge in [-0.15, -0.1) is 0 Å². The summed E-state index contributed by atoms with van der Waals surface area (Å²) in [5.41, 5.74) is 0. The minimum Gasteiger partial charge on any atom is -0.354 e. The van der Waals surface area contributed by atoms with Crippen LogP contribution >= 0.6 is 0 Å². The fourth-order valence-electron chi connectivity index (χ4n) is 4.22. The van der Waals surface area contributed by atoms with Gasteiger partial charge in [-0.05, 0) is 32.6 Å². The number of amidine groups is 1. The monoisotopic (exact) mass is 230 g/mol. The number of aliphatic imine (C=N–C) groups is 1. The van der Waals surface area contributed by atoms with Gasteiger partial charge in [0.15, 0.2) is 0 Å². The van der Waals surface area contributed by atoms with Gasteiger partial charge in [-0.3, -0.25) is 4.99 Å². The third-order valence-corrected chi connectivity index (χ3v) is 4.85. The van der Waals surface area contributed by atoms with E-state index in [1.807, 2.05) is 0 Å². The van der Waals surface area contributed by atoms with E-state index in [1.165, 1.54) is 44.4 Å². The number of rotatable bonds is 0. The van der Waals surface area contributed by atoms with Crippen LogP contribution in [0.4, 0.5) is 0 Å². The highest BCUT2D eigenvalue weighted by atomic mass is 15.3. The van der Waals surface area contributed by atoms with Gasteiger partial charge in [-0.1, -0.05) is 25.1 Å². The molecule has 2 fully saturated rings. The summed E-state index contributed by atoms with van der Waals surface area (Å²) < 4.78 is 0. The van der Waals surface area contributed by atoms with Crippen LogP contribution in [-0.4, -0.2) is 36.7 Å². The van der Waals surface area contributed by atoms with Crippen molar-refractivity contribution in [2.75, 3.05) is 0 Å². The number of fused-ring (bicyclic) bond motifs is 3. The van der Waals surface area contributed by atoms with Crippen molar-refractivity contribution in [1.29, 1.82) is 0 Å². The Hall–Kier alpha value is -0.465. The Morgan fingerprint density at radius 2 is 2.06 bits per heavy atom. The Balaban J connectivity index is 1.85. The van der Waals surface area contributed by atoms with Gasteiger partial charge in [0.25, 0.3) is 0 Å². The molecule has 3 heteroatoms. The van der Waals surface area contributed by atoms with Gasteiger partial charge in [0.05, 0.1) is 13.9 Å². The molecular formula is C14H23BN2. The predicted octanol–water partition coefficient (Wildman–Crippen LogP) is 2.79. The highest BCUT2D eigenvalue weighted by molar-refractivity contribution is 6.11. The van der Waals surface area contributed by atoms with Crippen molar-refractivity contribution in [3.8, 4) is 0 Å². The Labute approximate surface area is 106 Å². The van der Waals surface area contributed by atoms with E-state index in [2.05, 4.69) is 18.7 Å². The first kappa shape index (κ1) is 11.6. The van der Waals surface area contributed by atoms with Gasteiger partial charge in [0, 0.05) is 18.5 Å². The highest BCUT2D eigenvalue weighted by Gasteiger charge is 2.43. The largest absolute Gasteiger partial charge is 0.354 e. The topological polar surface area (TPSA) is 15.6 Å².